The van der Waals surface area contributed by atoms with E-state index in [2.05, 4.69) is 64.8 Å². The minimum Gasteiger partial charge on any atom is -0.497 e. The Kier molecular flexibility index (Phi) is 10.8. The van der Waals surface area contributed by atoms with E-state index in [4.69, 9.17) is 14.5 Å². The molecule has 9 nitrogen and oxygen atoms in total. The fourth-order valence-electron chi connectivity index (χ4n) is 7.29. The van der Waals surface area contributed by atoms with E-state index >= 15 is 0 Å². The van der Waals surface area contributed by atoms with E-state index in [-0.39, 0.29) is 23.1 Å². The summed E-state index contributed by atoms with van der Waals surface area (Å²) >= 11 is 4.33. The standard InChI is InChI=1S/C43H44N6O3S/c1-5-29(27-48-28-42(45-46-48)31-11-15-34(16-12-31)47(2)3)32-21-22-49(43(50)53)35(23-32)24-33-25-41(44-40-20-19-38(51-4)26-39(33)40)30-13-17-37(18-14-30)52-36-9-7-6-8-10-36/h5-20,25-26,28-29,32,35H,1,21-24,27H2,2-4H3,(H,50,53)/t29-,32-,35-/m0/s1. The summed E-state index contributed by atoms with van der Waals surface area (Å²) in [6.07, 6.45) is 6.32. The van der Waals surface area contributed by atoms with Crippen LogP contribution in [0.5, 0.6) is 17.2 Å². The first-order valence-corrected chi connectivity index (χ1v) is 18.3. The van der Waals surface area contributed by atoms with E-state index in [1.807, 2.05) is 109 Å². The van der Waals surface area contributed by atoms with Crippen LogP contribution < -0.4 is 14.4 Å². The van der Waals surface area contributed by atoms with E-state index < -0.39 is 0 Å². The Morgan fingerprint density at radius 2 is 1.64 bits per heavy atom. The molecule has 6 aromatic rings. The van der Waals surface area contributed by atoms with Crippen molar-refractivity contribution in [3.05, 3.63) is 128 Å². The van der Waals surface area contributed by atoms with Gasteiger partial charge in [0.15, 0.2) is 0 Å². The molecule has 53 heavy (non-hydrogen) atoms. The van der Waals surface area contributed by atoms with Crippen molar-refractivity contribution in [2.24, 2.45) is 11.8 Å². The van der Waals surface area contributed by atoms with Gasteiger partial charge in [-0.05, 0) is 109 Å². The molecule has 3 atom stereocenters. The molecule has 0 radical (unpaired) electrons. The van der Waals surface area contributed by atoms with Crippen molar-refractivity contribution in [2.75, 3.05) is 32.6 Å². The second-order valence-corrected chi connectivity index (χ2v) is 14.2. The average molecular weight is 725 g/mol. The second-order valence-electron chi connectivity index (χ2n) is 13.8. The number of thiol groups is 1. The van der Waals surface area contributed by atoms with Crippen molar-refractivity contribution in [3.8, 4) is 39.8 Å². The summed E-state index contributed by atoms with van der Waals surface area (Å²) in [4.78, 5) is 22.0. The number of amides is 1. The first-order chi connectivity index (χ1) is 25.8. The number of fused-ring (bicyclic) bond motifs is 1. The van der Waals surface area contributed by atoms with Crippen molar-refractivity contribution in [2.45, 2.75) is 31.8 Å². The van der Waals surface area contributed by atoms with Gasteiger partial charge in [-0.25, -0.2) is 4.98 Å². The largest absolute Gasteiger partial charge is 0.497 e. The number of likely N-dealkylation sites (tertiary alicyclic amines) is 1. The van der Waals surface area contributed by atoms with Gasteiger partial charge in [-0.2, -0.15) is 0 Å². The molecule has 10 heteroatoms. The minimum atomic E-state index is -0.213. The molecule has 0 spiro atoms. The normalized spacial score (nSPS) is 16.3. The third-order valence-corrected chi connectivity index (χ3v) is 10.5. The van der Waals surface area contributed by atoms with Gasteiger partial charge < -0.3 is 19.3 Å². The van der Waals surface area contributed by atoms with Gasteiger partial charge in [0.05, 0.1) is 24.5 Å². The van der Waals surface area contributed by atoms with E-state index in [9.17, 15) is 4.79 Å². The Morgan fingerprint density at radius 1 is 0.943 bits per heavy atom. The molecule has 0 bridgehead atoms. The first-order valence-electron chi connectivity index (χ1n) is 17.9. The van der Waals surface area contributed by atoms with Gasteiger partial charge in [-0.15, -0.1) is 11.7 Å². The molecule has 0 saturated carbocycles. The fraction of sp³-hybridized carbons (Fsp3) is 0.256. The van der Waals surface area contributed by atoms with Gasteiger partial charge in [-0.1, -0.05) is 54.3 Å². The van der Waals surface area contributed by atoms with E-state index in [0.29, 0.717) is 19.5 Å². The summed E-state index contributed by atoms with van der Waals surface area (Å²) in [6.45, 7) is 5.50. The number of allylic oxidation sites excluding steroid dienone is 1. The maximum Gasteiger partial charge on any atom is 0.278 e. The fourth-order valence-corrected chi connectivity index (χ4v) is 7.55. The third kappa shape index (κ3) is 8.23. The van der Waals surface area contributed by atoms with E-state index in [1.54, 1.807) is 7.11 Å². The van der Waals surface area contributed by atoms with Gasteiger partial charge in [-0.3, -0.25) is 9.48 Å². The highest BCUT2D eigenvalue weighted by molar-refractivity contribution is 7.96. The maximum absolute atomic E-state index is 12.9. The van der Waals surface area contributed by atoms with Crippen molar-refractivity contribution in [3.63, 3.8) is 0 Å². The van der Waals surface area contributed by atoms with Crippen LogP contribution in [0.3, 0.4) is 0 Å². The van der Waals surface area contributed by atoms with Crippen LogP contribution >= 0.6 is 12.6 Å². The van der Waals surface area contributed by atoms with Crippen LogP contribution in [-0.4, -0.2) is 63.9 Å². The number of hydrogen-bond donors (Lipinski definition) is 1. The molecule has 0 N–H and O–H groups in total. The first kappa shape index (κ1) is 35.8. The molecule has 2 aromatic heterocycles. The monoisotopic (exact) mass is 724 g/mol. The zero-order valence-electron chi connectivity index (χ0n) is 30.3. The highest BCUT2D eigenvalue weighted by Gasteiger charge is 2.34. The molecule has 4 aromatic carbocycles. The lowest BCUT2D eigenvalue weighted by atomic mass is 9.79. The van der Waals surface area contributed by atoms with Gasteiger partial charge in [0, 0.05) is 55.4 Å². The van der Waals surface area contributed by atoms with Crippen molar-refractivity contribution in [1.82, 2.24) is 24.9 Å². The van der Waals surface area contributed by atoms with Crippen LogP contribution in [0.2, 0.25) is 0 Å². The number of benzene rings is 4. The summed E-state index contributed by atoms with van der Waals surface area (Å²) in [5.74, 6) is 2.71. The second kappa shape index (κ2) is 16.0. The van der Waals surface area contributed by atoms with Gasteiger partial charge >= 0.3 is 0 Å². The predicted molar refractivity (Wildman–Crippen MR) is 215 cm³/mol. The summed E-state index contributed by atoms with van der Waals surface area (Å²) in [5.41, 5.74) is 6.77. The lowest BCUT2D eigenvalue weighted by Gasteiger charge is -2.41. The molecule has 0 unspecified atom stereocenters. The SMILES string of the molecule is C=C[C@@H](Cn1cc(-c2ccc(N(C)C)cc2)nn1)[C@H]1CCN(C(=O)S)[C@H](Cc2cc(-c3ccc(Oc4ccccc4)cc3)nc3ccc(OC)cc23)C1. The number of hydrogen-bond acceptors (Lipinski definition) is 7. The number of carbonyl (C=O) groups excluding carboxylic acids is 1. The number of methoxy groups -OCH3 is 1. The number of carbonyl (C=O) groups is 1. The zero-order valence-corrected chi connectivity index (χ0v) is 31.2. The van der Waals surface area contributed by atoms with Crippen molar-refractivity contribution < 1.29 is 14.3 Å². The molecule has 1 aliphatic heterocycles. The molecular formula is C43H44N6O3S. The van der Waals surface area contributed by atoms with E-state index in [1.165, 1.54) is 0 Å². The Hall–Kier alpha value is -5.61. The molecule has 270 valence electrons. The number of pyridine rings is 1. The van der Waals surface area contributed by atoms with Gasteiger partial charge in [0.1, 0.15) is 22.9 Å². The number of nitrogens with zero attached hydrogens (tertiary/aromatic N) is 6. The molecule has 1 saturated heterocycles. The van der Waals surface area contributed by atoms with Crippen LogP contribution in [0, 0.1) is 11.8 Å². The minimum absolute atomic E-state index is 0.0750. The quantitative estimate of drug-likeness (QED) is 0.0995. The summed E-state index contributed by atoms with van der Waals surface area (Å²) in [7, 11) is 5.72. The highest BCUT2D eigenvalue weighted by atomic mass is 32.1. The summed E-state index contributed by atoms with van der Waals surface area (Å²) in [5, 5.41) is 9.75. The van der Waals surface area contributed by atoms with Crippen LogP contribution in [0.15, 0.2) is 122 Å². The van der Waals surface area contributed by atoms with Crippen LogP contribution in [-0.2, 0) is 13.0 Å². The number of ether oxygens (including phenoxy) is 2. The van der Waals surface area contributed by atoms with Crippen molar-refractivity contribution >= 4 is 34.5 Å². The van der Waals surface area contributed by atoms with Gasteiger partial charge in [0.2, 0.25) is 0 Å². The molecule has 3 heterocycles. The van der Waals surface area contributed by atoms with E-state index in [0.717, 1.165) is 74.8 Å². The molecule has 1 amide bonds. The number of para-hydroxylation sites is 1. The maximum atomic E-state index is 12.9. The molecule has 7 rings (SSSR count). The van der Waals surface area contributed by atoms with Crippen LogP contribution in [0.4, 0.5) is 10.5 Å². The third-order valence-electron chi connectivity index (χ3n) is 10.2. The smallest absolute Gasteiger partial charge is 0.278 e. The lowest BCUT2D eigenvalue weighted by Crippen LogP contribution is -2.46. The van der Waals surface area contributed by atoms with Crippen LogP contribution in [0.25, 0.3) is 33.4 Å². The number of aromatic nitrogens is 4. The average Bonchev–Trinajstić information content (AvgIpc) is 3.66. The highest BCUT2D eigenvalue weighted by Crippen LogP contribution is 2.36. The van der Waals surface area contributed by atoms with Crippen molar-refractivity contribution in [1.29, 1.82) is 0 Å². The Balaban J connectivity index is 1.13. The summed E-state index contributed by atoms with van der Waals surface area (Å²) in [6, 6.07) is 34.1. The predicted octanol–water partition coefficient (Wildman–Crippen LogP) is 9.20. The molecular weight excluding hydrogens is 681 g/mol. The Labute approximate surface area is 316 Å². The zero-order chi connectivity index (χ0) is 36.9. The molecule has 1 aliphatic rings. The topological polar surface area (TPSA) is 85.6 Å². The Morgan fingerprint density at radius 3 is 2.34 bits per heavy atom. The van der Waals surface area contributed by atoms with Crippen LogP contribution in [0.1, 0.15) is 18.4 Å². The number of piperidine rings is 1. The Bertz CT molecular complexity index is 2190. The number of rotatable bonds is 12. The van der Waals surface area contributed by atoms with Gasteiger partial charge in [0.25, 0.3) is 5.24 Å². The molecule has 0 aliphatic carbocycles. The summed E-state index contributed by atoms with van der Waals surface area (Å²) < 4.78 is 13.6. The molecule has 1 fully saturated rings. The number of anilines is 1. The lowest BCUT2D eigenvalue weighted by molar-refractivity contribution is 0.123.